The van der Waals surface area contributed by atoms with Gasteiger partial charge in [0.15, 0.2) is 0 Å². The first-order valence-corrected chi connectivity index (χ1v) is 9.38. The molecular weight excluding hydrogens is 400 g/mol. The highest BCUT2D eigenvalue weighted by Gasteiger charge is 2.31. The third-order valence-electron chi connectivity index (χ3n) is 5.37. The van der Waals surface area contributed by atoms with Gasteiger partial charge in [0.2, 0.25) is 6.43 Å². The Balaban J connectivity index is 1.56. The number of H-pyrrole nitrogens is 1. The number of aromatic amines is 1. The summed E-state index contributed by atoms with van der Waals surface area (Å²) >= 11 is 0. The first-order valence-electron chi connectivity index (χ1n) is 9.38. The second-order valence-electron chi connectivity index (χ2n) is 7.23. The van der Waals surface area contributed by atoms with Crippen molar-refractivity contribution in [1.29, 1.82) is 0 Å². The van der Waals surface area contributed by atoms with Gasteiger partial charge in [-0.3, -0.25) is 5.10 Å². The molecule has 154 valence electrons. The number of nitrogens with zero attached hydrogens (tertiary/aromatic N) is 4. The van der Waals surface area contributed by atoms with Crippen molar-refractivity contribution in [3.63, 3.8) is 0 Å². The van der Waals surface area contributed by atoms with E-state index in [0.29, 0.717) is 41.4 Å². The van der Waals surface area contributed by atoms with Crippen LogP contribution >= 0.6 is 0 Å². The molecule has 5 rings (SSSR count). The maximum Gasteiger partial charge on any atom is 0.243 e. The minimum atomic E-state index is -2.37. The molecule has 3 aromatic rings. The van der Waals surface area contributed by atoms with E-state index in [1.807, 2.05) is 0 Å². The van der Waals surface area contributed by atoms with Gasteiger partial charge in [-0.2, -0.15) is 5.10 Å². The van der Waals surface area contributed by atoms with E-state index in [9.17, 15) is 17.6 Å². The van der Waals surface area contributed by atoms with Gasteiger partial charge in [-0.25, -0.2) is 27.5 Å². The summed E-state index contributed by atoms with van der Waals surface area (Å²) in [4.78, 5) is 10.5. The number of anilines is 2. The lowest BCUT2D eigenvalue weighted by Gasteiger charge is -2.19. The zero-order chi connectivity index (χ0) is 20.8. The van der Waals surface area contributed by atoms with E-state index in [-0.39, 0.29) is 17.9 Å². The number of hydrogen-bond acceptors (Lipinski definition) is 5. The van der Waals surface area contributed by atoms with Crippen LogP contribution in [0.3, 0.4) is 0 Å². The van der Waals surface area contributed by atoms with Crippen molar-refractivity contribution < 1.29 is 17.6 Å². The number of nitrogens with one attached hydrogen (secondary N) is 2. The Labute approximate surface area is 168 Å². The van der Waals surface area contributed by atoms with Gasteiger partial charge < -0.3 is 10.2 Å². The molecule has 6 nitrogen and oxygen atoms in total. The molecule has 0 aliphatic carbocycles. The summed E-state index contributed by atoms with van der Waals surface area (Å²) < 4.78 is 54.8. The number of aliphatic imine (C=N–C) groups is 1. The van der Waals surface area contributed by atoms with Crippen LogP contribution in [0, 0.1) is 17.6 Å². The van der Waals surface area contributed by atoms with Crippen molar-refractivity contribution in [2.75, 3.05) is 23.3 Å². The number of amidine groups is 1. The van der Waals surface area contributed by atoms with E-state index in [1.54, 1.807) is 11.0 Å². The van der Waals surface area contributed by atoms with Crippen LogP contribution in [0.2, 0.25) is 0 Å². The molecule has 30 heavy (non-hydrogen) atoms. The maximum atomic E-state index is 14.3. The summed E-state index contributed by atoms with van der Waals surface area (Å²) in [6.45, 7) is 0.696. The van der Waals surface area contributed by atoms with Gasteiger partial charge in [-0.15, -0.1) is 0 Å². The average molecular weight is 416 g/mol. The fraction of sp³-hybridized carbons (Fsp3) is 0.250. The zero-order valence-corrected chi connectivity index (χ0v) is 15.5. The minimum absolute atomic E-state index is 0.0134. The largest absolute Gasteiger partial charge is 0.356 e. The van der Waals surface area contributed by atoms with Gasteiger partial charge in [0.05, 0.1) is 29.3 Å². The molecule has 2 aromatic heterocycles. The Morgan fingerprint density at radius 1 is 1.13 bits per heavy atom. The molecule has 2 aliphatic rings. The highest BCUT2D eigenvalue weighted by molar-refractivity contribution is 6.13. The molecule has 0 amide bonds. The van der Waals surface area contributed by atoms with Crippen molar-refractivity contribution in [2.45, 2.75) is 12.8 Å². The number of rotatable bonds is 3. The van der Waals surface area contributed by atoms with E-state index in [4.69, 9.17) is 0 Å². The van der Waals surface area contributed by atoms with Crippen LogP contribution in [0.25, 0.3) is 11.3 Å². The smallest absolute Gasteiger partial charge is 0.243 e. The van der Waals surface area contributed by atoms with E-state index < -0.39 is 24.0 Å². The van der Waals surface area contributed by atoms with Gasteiger partial charge in [0.1, 0.15) is 29.0 Å². The number of benzene rings is 1. The fourth-order valence-corrected chi connectivity index (χ4v) is 3.81. The molecule has 0 unspecified atom stereocenters. The molecule has 2 aliphatic heterocycles. The number of halogens is 4. The molecule has 0 radical (unpaired) electrons. The highest BCUT2D eigenvalue weighted by atomic mass is 19.3. The molecule has 2 N–H and O–H groups in total. The summed E-state index contributed by atoms with van der Waals surface area (Å²) in [5.41, 5.74) is 1.73. The van der Waals surface area contributed by atoms with Crippen LogP contribution in [-0.4, -0.2) is 40.5 Å². The lowest BCUT2D eigenvalue weighted by Crippen LogP contribution is -2.23. The van der Waals surface area contributed by atoms with Gasteiger partial charge in [0, 0.05) is 24.6 Å². The van der Waals surface area contributed by atoms with E-state index in [0.717, 1.165) is 12.1 Å². The molecular formula is C20H16F4N6. The number of pyridine rings is 1. The van der Waals surface area contributed by atoms with Crippen LogP contribution in [0.1, 0.15) is 12.0 Å². The molecule has 0 bridgehead atoms. The number of alkyl halides is 2. The maximum absolute atomic E-state index is 14.3. The van der Waals surface area contributed by atoms with Crippen molar-refractivity contribution >= 4 is 23.0 Å². The van der Waals surface area contributed by atoms with E-state index in [2.05, 4.69) is 25.5 Å². The van der Waals surface area contributed by atoms with Crippen LogP contribution in [0.4, 0.5) is 34.8 Å². The monoisotopic (exact) mass is 416 g/mol. The summed E-state index contributed by atoms with van der Waals surface area (Å²) in [6.07, 6.45) is 0.977. The quantitative estimate of drug-likeness (QED) is 0.623. The van der Waals surface area contributed by atoms with Crippen molar-refractivity contribution in [2.24, 2.45) is 10.9 Å². The van der Waals surface area contributed by atoms with Crippen molar-refractivity contribution in [3.8, 4) is 11.3 Å². The predicted octanol–water partition coefficient (Wildman–Crippen LogP) is 4.35. The van der Waals surface area contributed by atoms with Gasteiger partial charge in [-0.05, 0) is 24.6 Å². The van der Waals surface area contributed by atoms with Crippen LogP contribution < -0.4 is 10.2 Å². The third-order valence-corrected chi connectivity index (χ3v) is 5.37. The number of hydrogen-bond donors (Lipinski definition) is 2. The average Bonchev–Trinajstić information content (AvgIpc) is 3.35. The predicted molar refractivity (Wildman–Crippen MR) is 104 cm³/mol. The zero-order valence-electron chi connectivity index (χ0n) is 15.5. The SMILES string of the molecule is Fc1cccc(F)c1C1=Nc2cn[nH]c2-c2cc(N3CC[C@@H](C(F)F)C3)ncc2N1. The second-order valence-corrected chi connectivity index (χ2v) is 7.23. The molecule has 1 aromatic carbocycles. The molecule has 0 spiro atoms. The molecule has 10 heteroatoms. The molecule has 0 saturated carbocycles. The Morgan fingerprint density at radius 2 is 1.93 bits per heavy atom. The Hall–Kier alpha value is -3.43. The van der Waals surface area contributed by atoms with Crippen LogP contribution in [-0.2, 0) is 0 Å². The third kappa shape index (κ3) is 3.08. The highest BCUT2D eigenvalue weighted by Crippen LogP contribution is 2.39. The van der Waals surface area contributed by atoms with Crippen LogP contribution in [0.5, 0.6) is 0 Å². The molecule has 4 heterocycles. The molecule has 1 atom stereocenters. The minimum Gasteiger partial charge on any atom is -0.356 e. The standard InChI is InChI=1S/C20H16F4N6/c21-12-2-1-3-13(22)17(12)20-27-14-7-25-16(30-5-4-10(9-30)19(23)24)6-11(14)18-15(28-20)8-26-29-18/h1-3,6-8,10,19H,4-5,9H2,(H,26,29)(H,27,28)/t10-/m1/s1. The lowest BCUT2D eigenvalue weighted by molar-refractivity contribution is 0.0880. The fourth-order valence-electron chi connectivity index (χ4n) is 3.81. The van der Waals surface area contributed by atoms with Gasteiger partial charge in [-0.1, -0.05) is 6.07 Å². The summed E-state index contributed by atoms with van der Waals surface area (Å²) in [5, 5.41) is 9.80. The van der Waals surface area contributed by atoms with Gasteiger partial charge >= 0.3 is 0 Å². The topological polar surface area (TPSA) is 69.2 Å². The summed E-state index contributed by atoms with van der Waals surface area (Å²) in [5.74, 6) is -1.67. The first-order chi connectivity index (χ1) is 14.5. The number of fused-ring (bicyclic) bond motifs is 3. The Kier molecular flexibility index (Phi) is 4.41. The van der Waals surface area contributed by atoms with Crippen molar-refractivity contribution in [3.05, 3.63) is 53.9 Å². The Bertz CT molecular complexity index is 1120. The van der Waals surface area contributed by atoms with E-state index >= 15 is 0 Å². The number of aromatic nitrogens is 3. The summed E-state index contributed by atoms with van der Waals surface area (Å²) in [6, 6.07) is 5.32. The normalized spacial score (nSPS) is 18.0. The van der Waals surface area contributed by atoms with Crippen LogP contribution in [0.15, 0.2) is 41.7 Å². The Morgan fingerprint density at radius 3 is 2.67 bits per heavy atom. The molecule has 1 fully saturated rings. The van der Waals surface area contributed by atoms with Crippen molar-refractivity contribution in [1.82, 2.24) is 15.2 Å². The first kappa shape index (κ1) is 18.6. The van der Waals surface area contributed by atoms with Gasteiger partial charge in [0.25, 0.3) is 0 Å². The molecule has 1 saturated heterocycles. The second kappa shape index (κ2) is 7.12. The summed E-state index contributed by atoms with van der Waals surface area (Å²) in [7, 11) is 0. The van der Waals surface area contributed by atoms with E-state index in [1.165, 1.54) is 18.5 Å². The lowest BCUT2D eigenvalue weighted by atomic mass is 10.1.